The summed E-state index contributed by atoms with van der Waals surface area (Å²) in [5.74, 6) is 1.53. The Balaban J connectivity index is 2.01. The molecule has 1 N–H and O–H groups in total. The lowest BCUT2D eigenvalue weighted by atomic mass is 10.2. The van der Waals surface area contributed by atoms with Crippen LogP contribution in [0.15, 0.2) is 11.1 Å². The van der Waals surface area contributed by atoms with Gasteiger partial charge >= 0.3 is 0 Å². The van der Waals surface area contributed by atoms with Crippen molar-refractivity contribution < 1.29 is 0 Å². The summed E-state index contributed by atoms with van der Waals surface area (Å²) in [7, 11) is 0. The number of aromatic amines is 1. The summed E-state index contributed by atoms with van der Waals surface area (Å²) in [6.45, 7) is 9.61. The molecule has 0 radical (unpaired) electrons. The normalized spacial score (nSPS) is 17.4. The number of hydrogen-bond acceptors (Lipinski definition) is 4. The van der Waals surface area contributed by atoms with Crippen molar-refractivity contribution in [2.75, 3.05) is 37.6 Å². The highest BCUT2D eigenvalue weighted by Gasteiger charge is 2.20. The van der Waals surface area contributed by atoms with Gasteiger partial charge in [0, 0.05) is 32.7 Å². The number of H-pyrrole nitrogens is 1. The van der Waals surface area contributed by atoms with Crippen LogP contribution >= 0.6 is 22.6 Å². The monoisotopic (exact) mass is 362 g/mol. The van der Waals surface area contributed by atoms with E-state index < -0.39 is 0 Å². The van der Waals surface area contributed by atoms with Crippen molar-refractivity contribution in [1.29, 1.82) is 0 Å². The van der Waals surface area contributed by atoms with Crippen molar-refractivity contribution in [3.63, 3.8) is 0 Å². The second kappa shape index (κ2) is 6.01. The average Bonchev–Trinajstić information content (AvgIpc) is 2.33. The molecule has 0 amide bonds. The van der Waals surface area contributed by atoms with Crippen LogP contribution < -0.4 is 10.5 Å². The van der Waals surface area contributed by atoms with Crippen molar-refractivity contribution in [3.05, 3.63) is 20.3 Å². The summed E-state index contributed by atoms with van der Waals surface area (Å²) >= 11 is 2.07. The molecule has 2 heterocycles. The highest BCUT2D eigenvalue weighted by Crippen LogP contribution is 2.17. The highest BCUT2D eigenvalue weighted by molar-refractivity contribution is 14.1. The molecular weight excluding hydrogens is 343 g/mol. The Hall–Kier alpha value is -0.630. The number of hydrogen-bond donors (Lipinski definition) is 1. The van der Waals surface area contributed by atoms with Crippen molar-refractivity contribution in [2.24, 2.45) is 5.92 Å². The first-order valence-electron chi connectivity index (χ1n) is 6.28. The van der Waals surface area contributed by atoms with Crippen LogP contribution in [0.3, 0.4) is 0 Å². The maximum absolute atomic E-state index is 11.6. The molecule has 0 aliphatic carbocycles. The van der Waals surface area contributed by atoms with E-state index >= 15 is 0 Å². The minimum atomic E-state index is -0.0507. The maximum Gasteiger partial charge on any atom is 0.266 e. The van der Waals surface area contributed by atoms with E-state index in [1.54, 1.807) is 0 Å². The molecular formula is C12H19IN4O. The Labute approximate surface area is 121 Å². The van der Waals surface area contributed by atoms with Gasteiger partial charge in [-0.15, -0.1) is 0 Å². The van der Waals surface area contributed by atoms with Gasteiger partial charge in [-0.05, 0) is 28.5 Å². The van der Waals surface area contributed by atoms with Gasteiger partial charge in [0.25, 0.3) is 5.56 Å². The minimum Gasteiger partial charge on any atom is -0.353 e. The average molecular weight is 362 g/mol. The molecule has 1 fully saturated rings. The Kier molecular flexibility index (Phi) is 4.60. The number of nitrogens with one attached hydrogen (secondary N) is 1. The molecule has 0 atom stereocenters. The fraction of sp³-hybridized carbons (Fsp3) is 0.667. The van der Waals surface area contributed by atoms with Gasteiger partial charge in [0.2, 0.25) is 0 Å². The Morgan fingerprint density at radius 3 is 2.67 bits per heavy atom. The molecule has 1 aromatic heterocycles. The zero-order valence-electron chi connectivity index (χ0n) is 10.8. The summed E-state index contributed by atoms with van der Waals surface area (Å²) in [6, 6.07) is 0. The maximum atomic E-state index is 11.6. The molecule has 5 nitrogen and oxygen atoms in total. The molecule has 100 valence electrons. The number of rotatable bonds is 3. The molecule has 18 heavy (non-hydrogen) atoms. The standard InChI is InChI=1S/C12H19IN4O/c1-9(2)7-16-3-5-17(6-4-16)11-10(13)12(18)15-8-14-11/h8-9H,3-7H2,1-2H3,(H,14,15,18). The first-order valence-corrected chi connectivity index (χ1v) is 7.36. The zero-order valence-corrected chi connectivity index (χ0v) is 13.0. The number of anilines is 1. The molecule has 1 aromatic rings. The van der Waals surface area contributed by atoms with Gasteiger partial charge in [-0.3, -0.25) is 9.69 Å². The van der Waals surface area contributed by atoms with Gasteiger partial charge in [-0.2, -0.15) is 0 Å². The van der Waals surface area contributed by atoms with Gasteiger partial charge < -0.3 is 9.88 Å². The van der Waals surface area contributed by atoms with Crippen LogP contribution in [0.25, 0.3) is 0 Å². The van der Waals surface area contributed by atoms with E-state index in [0.717, 1.165) is 38.5 Å². The van der Waals surface area contributed by atoms with Gasteiger partial charge in [0.1, 0.15) is 9.39 Å². The molecule has 0 saturated carbocycles. The largest absolute Gasteiger partial charge is 0.353 e. The van der Waals surface area contributed by atoms with Gasteiger partial charge in [0.05, 0.1) is 6.33 Å². The second-order valence-electron chi connectivity index (χ2n) is 5.05. The molecule has 6 heteroatoms. The van der Waals surface area contributed by atoms with Crippen LogP contribution in [0, 0.1) is 9.49 Å². The third-order valence-corrected chi connectivity index (χ3v) is 4.05. The summed E-state index contributed by atoms with van der Waals surface area (Å²) in [4.78, 5) is 23.1. The smallest absolute Gasteiger partial charge is 0.266 e. The Bertz CT molecular complexity index is 452. The third-order valence-electron chi connectivity index (χ3n) is 3.07. The fourth-order valence-electron chi connectivity index (χ4n) is 2.25. The van der Waals surface area contributed by atoms with Crippen molar-refractivity contribution in [3.8, 4) is 0 Å². The van der Waals surface area contributed by atoms with Crippen LogP contribution in [-0.4, -0.2) is 47.6 Å². The molecule has 0 aromatic carbocycles. The number of nitrogens with zero attached hydrogens (tertiary/aromatic N) is 3. The van der Waals surface area contributed by atoms with Crippen LogP contribution in [0.1, 0.15) is 13.8 Å². The topological polar surface area (TPSA) is 52.2 Å². The van der Waals surface area contributed by atoms with Crippen molar-refractivity contribution in [2.45, 2.75) is 13.8 Å². The number of aromatic nitrogens is 2. The quantitative estimate of drug-likeness (QED) is 0.820. The van der Waals surface area contributed by atoms with Crippen LogP contribution in [-0.2, 0) is 0 Å². The molecule has 2 rings (SSSR count). The third kappa shape index (κ3) is 3.23. The van der Waals surface area contributed by atoms with Crippen molar-refractivity contribution in [1.82, 2.24) is 14.9 Å². The predicted octanol–water partition coefficient (Wildman–Crippen LogP) is 1.15. The van der Waals surface area contributed by atoms with E-state index in [4.69, 9.17) is 0 Å². The SMILES string of the molecule is CC(C)CN1CCN(c2nc[nH]c(=O)c2I)CC1. The Morgan fingerprint density at radius 2 is 2.06 bits per heavy atom. The van der Waals surface area contributed by atoms with Crippen LogP contribution in [0.4, 0.5) is 5.82 Å². The van der Waals surface area contributed by atoms with Gasteiger partial charge in [-0.25, -0.2) is 4.98 Å². The lowest BCUT2D eigenvalue weighted by molar-refractivity contribution is 0.231. The predicted molar refractivity (Wildman–Crippen MR) is 81.1 cm³/mol. The van der Waals surface area contributed by atoms with E-state index in [-0.39, 0.29) is 5.56 Å². The molecule has 1 aliphatic rings. The highest BCUT2D eigenvalue weighted by atomic mass is 127. The summed E-state index contributed by atoms with van der Waals surface area (Å²) in [6.07, 6.45) is 1.49. The lowest BCUT2D eigenvalue weighted by Gasteiger charge is -2.36. The van der Waals surface area contributed by atoms with Crippen LogP contribution in [0.2, 0.25) is 0 Å². The first-order chi connectivity index (χ1) is 8.58. The van der Waals surface area contributed by atoms with Crippen LogP contribution in [0.5, 0.6) is 0 Å². The second-order valence-corrected chi connectivity index (χ2v) is 6.13. The number of piperazine rings is 1. The number of halogens is 1. The van der Waals surface area contributed by atoms with E-state index in [9.17, 15) is 4.79 Å². The van der Waals surface area contributed by atoms with Gasteiger partial charge in [0.15, 0.2) is 0 Å². The molecule has 1 saturated heterocycles. The van der Waals surface area contributed by atoms with Gasteiger partial charge in [-0.1, -0.05) is 13.8 Å². The van der Waals surface area contributed by atoms with E-state index in [2.05, 4.69) is 56.2 Å². The van der Waals surface area contributed by atoms with E-state index in [1.807, 2.05) is 0 Å². The zero-order chi connectivity index (χ0) is 13.1. The first kappa shape index (κ1) is 13.8. The summed E-state index contributed by atoms with van der Waals surface area (Å²) in [5.41, 5.74) is -0.0507. The minimum absolute atomic E-state index is 0.0507. The fourth-order valence-corrected chi connectivity index (χ4v) is 2.89. The van der Waals surface area contributed by atoms with E-state index in [0.29, 0.717) is 9.49 Å². The van der Waals surface area contributed by atoms with E-state index in [1.165, 1.54) is 6.33 Å². The summed E-state index contributed by atoms with van der Waals surface area (Å²) < 4.78 is 0.687. The molecule has 0 bridgehead atoms. The van der Waals surface area contributed by atoms with Crippen molar-refractivity contribution >= 4 is 28.4 Å². The lowest BCUT2D eigenvalue weighted by Crippen LogP contribution is -2.48. The molecule has 0 spiro atoms. The Morgan fingerprint density at radius 1 is 1.39 bits per heavy atom. The summed E-state index contributed by atoms with van der Waals surface area (Å²) in [5, 5.41) is 0. The molecule has 1 aliphatic heterocycles. The molecule has 0 unspecified atom stereocenters.